The van der Waals surface area contributed by atoms with Crippen molar-refractivity contribution in [3.05, 3.63) is 54.4 Å². The molecule has 4 rings (SSSR count). The zero-order chi connectivity index (χ0) is 22.5. The van der Waals surface area contributed by atoms with E-state index in [1.807, 2.05) is 24.3 Å². The Labute approximate surface area is 186 Å². The van der Waals surface area contributed by atoms with Crippen LogP contribution in [0.2, 0.25) is 0 Å². The van der Waals surface area contributed by atoms with Gasteiger partial charge < -0.3 is 26.8 Å². The first-order valence-electron chi connectivity index (χ1n) is 10.6. The topological polar surface area (TPSA) is 141 Å². The third-order valence-corrected chi connectivity index (χ3v) is 5.52. The maximum absolute atomic E-state index is 12.9. The summed E-state index contributed by atoms with van der Waals surface area (Å²) in [6.45, 7) is 0. The molecule has 1 fully saturated rings. The van der Waals surface area contributed by atoms with Gasteiger partial charge in [0, 0.05) is 11.1 Å². The van der Waals surface area contributed by atoms with Gasteiger partial charge in [-0.25, -0.2) is 15.0 Å². The summed E-state index contributed by atoms with van der Waals surface area (Å²) in [6, 6.07) is 14.6. The molecule has 0 radical (unpaired) electrons. The van der Waals surface area contributed by atoms with E-state index in [1.54, 1.807) is 31.4 Å². The molecule has 1 aromatic heterocycles. The highest BCUT2D eigenvalue weighted by molar-refractivity contribution is 6.03. The minimum absolute atomic E-state index is 0.0154. The van der Waals surface area contributed by atoms with Crippen LogP contribution in [-0.4, -0.2) is 41.0 Å². The van der Waals surface area contributed by atoms with Gasteiger partial charge in [-0.2, -0.15) is 0 Å². The Balaban J connectivity index is 1.63. The molecule has 2 aromatic carbocycles. The van der Waals surface area contributed by atoms with Crippen molar-refractivity contribution in [1.29, 1.82) is 0 Å². The summed E-state index contributed by atoms with van der Waals surface area (Å²) in [5, 5.41) is 7.16. The van der Waals surface area contributed by atoms with E-state index in [9.17, 15) is 4.79 Å². The van der Waals surface area contributed by atoms with Gasteiger partial charge in [0.1, 0.15) is 11.6 Å². The van der Waals surface area contributed by atoms with Crippen molar-refractivity contribution >= 4 is 34.3 Å². The summed E-state index contributed by atoms with van der Waals surface area (Å²) in [6.07, 6.45) is 3.94. The summed E-state index contributed by atoms with van der Waals surface area (Å²) in [4.78, 5) is 26.4. The molecule has 166 valence electrons. The Bertz CT molecular complexity index is 1130. The number of para-hydroxylation sites is 1. The normalized spacial score (nSPS) is 18.0. The number of benzene rings is 2. The van der Waals surface area contributed by atoms with Crippen molar-refractivity contribution in [2.45, 2.75) is 37.8 Å². The summed E-state index contributed by atoms with van der Waals surface area (Å²) in [5.74, 6) is 1.07. The van der Waals surface area contributed by atoms with E-state index >= 15 is 0 Å². The van der Waals surface area contributed by atoms with E-state index in [1.165, 1.54) is 0 Å². The number of guanidine groups is 1. The first kappa shape index (κ1) is 21.4. The van der Waals surface area contributed by atoms with Crippen LogP contribution in [0.1, 0.15) is 36.3 Å². The summed E-state index contributed by atoms with van der Waals surface area (Å²) < 4.78 is 5.16. The van der Waals surface area contributed by atoms with Crippen LogP contribution in [0.15, 0.2) is 53.5 Å². The number of nitrogens with one attached hydrogen (secondary N) is 2. The number of ether oxygens (including phenoxy) is 1. The molecule has 32 heavy (non-hydrogen) atoms. The zero-order valence-corrected chi connectivity index (χ0v) is 17.9. The van der Waals surface area contributed by atoms with Crippen molar-refractivity contribution in [2.24, 2.45) is 16.5 Å². The monoisotopic (exact) mass is 433 g/mol. The lowest BCUT2D eigenvalue weighted by molar-refractivity contribution is 0.101. The van der Waals surface area contributed by atoms with E-state index in [0.29, 0.717) is 22.8 Å². The molecule has 3 aromatic rings. The molecule has 1 amide bonds. The number of fused-ring (bicyclic) bond motifs is 1. The molecule has 1 aliphatic rings. The number of rotatable bonds is 6. The van der Waals surface area contributed by atoms with Gasteiger partial charge in [0.15, 0.2) is 5.96 Å². The van der Waals surface area contributed by atoms with Crippen LogP contribution >= 0.6 is 0 Å². The summed E-state index contributed by atoms with van der Waals surface area (Å²) in [7, 11) is 1.59. The fourth-order valence-corrected chi connectivity index (χ4v) is 3.95. The predicted octanol–water partition coefficient (Wildman–Crippen LogP) is 2.89. The quantitative estimate of drug-likeness (QED) is 0.346. The molecular weight excluding hydrogens is 406 g/mol. The van der Waals surface area contributed by atoms with E-state index in [4.69, 9.17) is 16.2 Å². The van der Waals surface area contributed by atoms with Crippen LogP contribution in [0.25, 0.3) is 10.9 Å². The van der Waals surface area contributed by atoms with Crippen LogP contribution in [0.5, 0.6) is 5.75 Å². The number of nitrogens with zero attached hydrogens (tertiary/aromatic N) is 3. The SMILES string of the molecule is COc1ccc(NC(=O)c2nc(N[C@H]3CCCC[C@H]3N=C(N)N)c3ccccc3n2)cc1. The maximum Gasteiger partial charge on any atom is 0.293 e. The lowest BCUT2D eigenvalue weighted by Crippen LogP contribution is -2.38. The Morgan fingerprint density at radius 2 is 1.81 bits per heavy atom. The molecule has 6 N–H and O–H groups in total. The Morgan fingerprint density at radius 3 is 2.56 bits per heavy atom. The highest BCUT2D eigenvalue weighted by atomic mass is 16.5. The largest absolute Gasteiger partial charge is 0.497 e. The number of methoxy groups -OCH3 is 1. The number of hydrogen-bond acceptors (Lipinski definition) is 6. The lowest BCUT2D eigenvalue weighted by atomic mass is 9.90. The smallest absolute Gasteiger partial charge is 0.293 e. The van der Waals surface area contributed by atoms with Gasteiger partial charge in [0.05, 0.1) is 24.7 Å². The van der Waals surface area contributed by atoms with Crippen LogP contribution in [0.4, 0.5) is 11.5 Å². The number of amides is 1. The average Bonchev–Trinajstić information content (AvgIpc) is 2.80. The van der Waals surface area contributed by atoms with Crippen molar-refractivity contribution in [1.82, 2.24) is 9.97 Å². The molecule has 0 aliphatic heterocycles. The Kier molecular flexibility index (Phi) is 6.34. The van der Waals surface area contributed by atoms with Gasteiger partial charge in [-0.3, -0.25) is 4.79 Å². The highest BCUT2D eigenvalue weighted by Crippen LogP contribution is 2.27. The molecule has 2 atom stereocenters. The van der Waals surface area contributed by atoms with Gasteiger partial charge >= 0.3 is 0 Å². The Morgan fingerprint density at radius 1 is 1.06 bits per heavy atom. The molecule has 9 nitrogen and oxygen atoms in total. The Hall–Kier alpha value is -3.88. The zero-order valence-electron chi connectivity index (χ0n) is 17.9. The molecule has 0 saturated heterocycles. The van der Waals surface area contributed by atoms with E-state index in [-0.39, 0.29) is 23.9 Å². The second kappa shape index (κ2) is 9.51. The molecule has 0 bridgehead atoms. The number of carbonyl (C=O) groups excluding carboxylic acids is 1. The summed E-state index contributed by atoms with van der Waals surface area (Å²) in [5.41, 5.74) is 12.6. The first-order valence-corrected chi connectivity index (χ1v) is 10.6. The number of nitrogens with two attached hydrogens (primary N) is 2. The maximum atomic E-state index is 12.9. The van der Waals surface area contributed by atoms with E-state index < -0.39 is 5.91 Å². The van der Waals surface area contributed by atoms with Crippen molar-refractivity contribution in [3.63, 3.8) is 0 Å². The van der Waals surface area contributed by atoms with Crippen LogP contribution in [-0.2, 0) is 0 Å². The fraction of sp³-hybridized carbons (Fsp3) is 0.304. The van der Waals surface area contributed by atoms with Crippen LogP contribution < -0.4 is 26.8 Å². The van der Waals surface area contributed by atoms with Crippen LogP contribution in [0.3, 0.4) is 0 Å². The number of aliphatic imine (C=N–C) groups is 1. The van der Waals surface area contributed by atoms with Crippen molar-refractivity contribution in [2.75, 3.05) is 17.7 Å². The fourth-order valence-electron chi connectivity index (χ4n) is 3.95. The van der Waals surface area contributed by atoms with Gasteiger partial charge in [-0.05, 0) is 49.2 Å². The highest BCUT2D eigenvalue weighted by Gasteiger charge is 2.26. The number of hydrogen-bond donors (Lipinski definition) is 4. The van der Waals surface area contributed by atoms with Gasteiger partial charge in [-0.15, -0.1) is 0 Å². The van der Waals surface area contributed by atoms with Crippen LogP contribution in [0, 0.1) is 0 Å². The average molecular weight is 434 g/mol. The first-order chi connectivity index (χ1) is 15.5. The second-order valence-corrected chi connectivity index (χ2v) is 7.75. The van der Waals surface area contributed by atoms with Crippen molar-refractivity contribution < 1.29 is 9.53 Å². The minimum Gasteiger partial charge on any atom is -0.497 e. The number of anilines is 2. The molecule has 0 spiro atoms. The van der Waals surface area contributed by atoms with Gasteiger partial charge in [0.2, 0.25) is 5.82 Å². The molecule has 1 heterocycles. The second-order valence-electron chi connectivity index (χ2n) is 7.75. The lowest BCUT2D eigenvalue weighted by Gasteiger charge is -2.30. The minimum atomic E-state index is -0.395. The number of carbonyl (C=O) groups is 1. The van der Waals surface area contributed by atoms with E-state index in [0.717, 1.165) is 31.1 Å². The molecule has 0 unspecified atom stereocenters. The summed E-state index contributed by atoms with van der Waals surface area (Å²) >= 11 is 0. The third kappa shape index (κ3) is 4.88. The third-order valence-electron chi connectivity index (χ3n) is 5.52. The standard InChI is InChI=1S/C23H27N7O2/c1-32-15-12-10-14(11-13-15)26-22(31)21-27-17-7-3-2-6-16(17)20(30-21)28-18-8-4-5-9-19(18)29-23(24)25/h2-3,6-7,10-13,18-19H,4-5,8-9H2,1H3,(H,26,31)(H4,24,25,29)(H,27,28,30)/t18-,19+/m0/s1. The molecule has 1 saturated carbocycles. The molecular formula is C23H27N7O2. The van der Waals surface area contributed by atoms with Crippen molar-refractivity contribution in [3.8, 4) is 5.75 Å². The van der Waals surface area contributed by atoms with Gasteiger partial charge in [0.25, 0.3) is 5.91 Å². The van der Waals surface area contributed by atoms with Gasteiger partial charge in [-0.1, -0.05) is 25.0 Å². The molecule has 9 heteroatoms. The number of aromatic nitrogens is 2. The predicted molar refractivity (Wildman–Crippen MR) is 126 cm³/mol. The molecule has 1 aliphatic carbocycles. The van der Waals surface area contributed by atoms with E-state index in [2.05, 4.69) is 25.6 Å².